The van der Waals surface area contributed by atoms with Crippen LogP contribution in [0.1, 0.15) is 29.8 Å². The van der Waals surface area contributed by atoms with E-state index in [1.54, 1.807) is 18.6 Å². The average molecular weight is 251 g/mol. The molecule has 2 rings (SSSR count). The highest BCUT2D eigenvalue weighted by Crippen LogP contribution is 2.26. The monoisotopic (exact) mass is 250 g/mol. The molecule has 0 aromatic carbocycles. The van der Waals surface area contributed by atoms with Gasteiger partial charge in [0.05, 0.1) is 23.0 Å². The van der Waals surface area contributed by atoms with Gasteiger partial charge in [0.1, 0.15) is 0 Å². The molecule has 0 aliphatic heterocycles. The van der Waals surface area contributed by atoms with Gasteiger partial charge in [0.25, 0.3) is 0 Å². The summed E-state index contributed by atoms with van der Waals surface area (Å²) in [6.07, 6.45) is 5.19. The lowest BCUT2D eigenvalue weighted by atomic mass is 10.1. The molecule has 0 saturated heterocycles. The fourth-order valence-corrected chi connectivity index (χ4v) is 2.10. The van der Waals surface area contributed by atoms with Gasteiger partial charge in [-0.2, -0.15) is 5.10 Å². The number of aryl methyl sites for hydroxylation is 2. The lowest BCUT2D eigenvalue weighted by molar-refractivity contribution is 0.600. The highest BCUT2D eigenvalue weighted by Gasteiger charge is 2.18. The van der Waals surface area contributed by atoms with Gasteiger partial charge in [-0.05, 0) is 25.0 Å². The van der Waals surface area contributed by atoms with E-state index >= 15 is 0 Å². The van der Waals surface area contributed by atoms with Gasteiger partial charge in [-0.25, -0.2) is 0 Å². The number of aromatic nitrogens is 3. The summed E-state index contributed by atoms with van der Waals surface area (Å²) >= 11 is 6.12. The largest absolute Gasteiger partial charge is 0.319 e. The first-order valence-corrected chi connectivity index (χ1v) is 5.89. The molecule has 0 spiro atoms. The van der Waals surface area contributed by atoms with Crippen LogP contribution in [-0.2, 0) is 6.54 Å². The van der Waals surface area contributed by atoms with Crippen LogP contribution in [0.15, 0.2) is 24.7 Å². The van der Waals surface area contributed by atoms with E-state index in [0.29, 0.717) is 5.02 Å². The molecule has 17 heavy (non-hydrogen) atoms. The molecule has 2 heterocycles. The number of nitrogens with zero attached hydrogens (tertiary/aromatic N) is 3. The van der Waals surface area contributed by atoms with Crippen molar-refractivity contribution in [3.63, 3.8) is 0 Å². The molecule has 1 atom stereocenters. The number of pyridine rings is 1. The Bertz CT molecular complexity index is 521. The summed E-state index contributed by atoms with van der Waals surface area (Å²) in [4.78, 5) is 4.15. The van der Waals surface area contributed by atoms with Crippen molar-refractivity contribution >= 4 is 11.6 Å². The van der Waals surface area contributed by atoms with Gasteiger partial charge in [-0.15, -0.1) is 0 Å². The molecule has 90 valence electrons. The van der Waals surface area contributed by atoms with Crippen LogP contribution in [-0.4, -0.2) is 14.8 Å². The molecule has 1 unspecified atom stereocenters. The van der Waals surface area contributed by atoms with E-state index in [2.05, 4.69) is 10.1 Å². The van der Waals surface area contributed by atoms with E-state index in [4.69, 9.17) is 17.3 Å². The Balaban J connectivity index is 2.43. The Kier molecular flexibility index (Phi) is 3.45. The minimum atomic E-state index is -0.294. The van der Waals surface area contributed by atoms with Crippen LogP contribution in [0, 0.1) is 6.92 Å². The van der Waals surface area contributed by atoms with Crippen LogP contribution in [0.5, 0.6) is 0 Å². The van der Waals surface area contributed by atoms with Crippen molar-refractivity contribution in [1.82, 2.24) is 14.8 Å². The molecule has 0 fully saturated rings. The summed E-state index contributed by atoms with van der Waals surface area (Å²) in [5, 5.41) is 4.79. The maximum atomic E-state index is 6.22. The summed E-state index contributed by atoms with van der Waals surface area (Å²) < 4.78 is 1.81. The molecule has 4 nitrogen and oxygen atoms in total. The van der Waals surface area contributed by atoms with Gasteiger partial charge >= 0.3 is 0 Å². The maximum Gasteiger partial charge on any atom is 0.0837 e. The molecule has 5 heteroatoms. The van der Waals surface area contributed by atoms with Crippen LogP contribution in [0.25, 0.3) is 0 Å². The van der Waals surface area contributed by atoms with Crippen molar-refractivity contribution in [3.05, 3.63) is 46.5 Å². The Morgan fingerprint density at radius 1 is 1.41 bits per heavy atom. The topological polar surface area (TPSA) is 56.7 Å². The summed E-state index contributed by atoms with van der Waals surface area (Å²) in [5.41, 5.74) is 9.08. The lowest BCUT2D eigenvalue weighted by Crippen LogP contribution is -2.18. The van der Waals surface area contributed by atoms with Crippen molar-refractivity contribution in [2.24, 2.45) is 5.73 Å². The van der Waals surface area contributed by atoms with E-state index in [-0.39, 0.29) is 6.04 Å². The zero-order valence-electron chi connectivity index (χ0n) is 9.89. The van der Waals surface area contributed by atoms with E-state index < -0.39 is 0 Å². The van der Waals surface area contributed by atoms with Crippen LogP contribution in [0.3, 0.4) is 0 Å². The van der Waals surface area contributed by atoms with Crippen molar-refractivity contribution in [2.45, 2.75) is 26.4 Å². The number of hydrogen-bond acceptors (Lipinski definition) is 3. The zero-order chi connectivity index (χ0) is 12.4. The molecule has 0 amide bonds. The van der Waals surface area contributed by atoms with E-state index in [1.807, 2.05) is 24.6 Å². The van der Waals surface area contributed by atoms with Crippen LogP contribution >= 0.6 is 11.6 Å². The first-order valence-electron chi connectivity index (χ1n) is 5.51. The fourth-order valence-electron chi connectivity index (χ4n) is 1.84. The maximum absolute atomic E-state index is 6.22. The fraction of sp³-hybridized carbons (Fsp3) is 0.333. The summed E-state index contributed by atoms with van der Waals surface area (Å²) in [5.74, 6) is 0. The molecule has 0 aliphatic rings. The van der Waals surface area contributed by atoms with Gasteiger partial charge in [0, 0.05) is 18.9 Å². The lowest BCUT2D eigenvalue weighted by Gasteiger charge is -2.14. The third kappa shape index (κ3) is 2.33. The van der Waals surface area contributed by atoms with Crippen LogP contribution < -0.4 is 5.73 Å². The van der Waals surface area contributed by atoms with E-state index in [1.165, 1.54) is 0 Å². The molecule has 2 N–H and O–H groups in total. The summed E-state index contributed by atoms with van der Waals surface area (Å²) in [6.45, 7) is 4.74. The van der Waals surface area contributed by atoms with Gasteiger partial charge in [0.15, 0.2) is 0 Å². The Morgan fingerprint density at radius 2 is 2.18 bits per heavy atom. The first-order chi connectivity index (χ1) is 8.13. The second-order valence-corrected chi connectivity index (χ2v) is 4.37. The molecule has 2 aromatic rings. The highest BCUT2D eigenvalue weighted by atomic mass is 35.5. The average Bonchev–Trinajstić information content (AvgIpc) is 2.69. The molecule has 0 bridgehead atoms. The Labute approximate surface area is 105 Å². The molecule has 0 radical (unpaired) electrons. The quantitative estimate of drug-likeness (QED) is 0.910. The Morgan fingerprint density at radius 3 is 2.82 bits per heavy atom. The van der Waals surface area contributed by atoms with Gasteiger partial charge in [0.2, 0.25) is 0 Å². The number of halogens is 1. The smallest absolute Gasteiger partial charge is 0.0837 e. The van der Waals surface area contributed by atoms with E-state index in [0.717, 1.165) is 23.4 Å². The molecule has 2 aromatic heterocycles. The predicted octanol–water partition coefficient (Wildman–Crippen LogP) is 2.31. The Hall–Kier alpha value is -1.39. The standard InChI is InChI=1S/C12H15ClN4/c1-3-17-12(10(13)7-16-17)11(14)9-4-8(2)5-15-6-9/h4-7,11H,3,14H2,1-2H3. The van der Waals surface area contributed by atoms with Gasteiger partial charge in [-0.3, -0.25) is 9.67 Å². The van der Waals surface area contributed by atoms with Gasteiger partial charge < -0.3 is 5.73 Å². The van der Waals surface area contributed by atoms with Gasteiger partial charge in [-0.1, -0.05) is 17.7 Å². The molecular formula is C12H15ClN4. The predicted molar refractivity (Wildman–Crippen MR) is 67.9 cm³/mol. The summed E-state index contributed by atoms with van der Waals surface area (Å²) in [7, 11) is 0. The highest BCUT2D eigenvalue weighted by molar-refractivity contribution is 6.31. The van der Waals surface area contributed by atoms with Crippen molar-refractivity contribution in [1.29, 1.82) is 0 Å². The zero-order valence-corrected chi connectivity index (χ0v) is 10.6. The van der Waals surface area contributed by atoms with Crippen molar-refractivity contribution in [2.75, 3.05) is 0 Å². The third-order valence-corrected chi connectivity index (χ3v) is 2.97. The summed E-state index contributed by atoms with van der Waals surface area (Å²) in [6, 6.07) is 1.72. The SMILES string of the molecule is CCn1ncc(Cl)c1C(N)c1cncc(C)c1. The normalized spacial score (nSPS) is 12.7. The van der Waals surface area contributed by atoms with Crippen molar-refractivity contribution in [3.8, 4) is 0 Å². The molecule has 0 saturated carbocycles. The van der Waals surface area contributed by atoms with Crippen molar-refractivity contribution < 1.29 is 0 Å². The number of hydrogen-bond donors (Lipinski definition) is 1. The van der Waals surface area contributed by atoms with Crippen LogP contribution in [0.2, 0.25) is 5.02 Å². The van der Waals surface area contributed by atoms with E-state index in [9.17, 15) is 0 Å². The second kappa shape index (κ2) is 4.85. The third-order valence-electron chi connectivity index (χ3n) is 2.68. The number of nitrogens with two attached hydrogens (primary N) is 1. The molecular weight excluding hydrogens is 236 g/mol. The van der Waals surface area contributed by atoms with Crippen LogP contribution in [0.4, 0.5) is 0 Å². The first kappa shape index (κ1) is 12.1. The minimum absolute atomic E-state index is 0.294. The second-order valence-electron chi connectivity index (χ2n) is 3.97. The number of rotatable bonds is 3. The molecule has 0 aliphatic carbocycles. The minimum Gasteiger partial charge on any atom is -0.319 e.